The van der Waals surface area contributed by atoms with E-state index in [0.29, 0.717) is 6.54 Å². The van der Waals surface area contributed by atoms with Gasteiger partial charge in [0.05, 0.1) is 6.42 Å². The molecule has 0 aliphatic rings. The molecule has 0 aromatic rings. The summed E-state index contributed by atoms with van der Waals surface area (Å²) in [7, 11) is 0. The number of nitrogens with one attached hydrogen (secondary N) is 1. The summed E-state index contributed by atoms with van der Waals surface area (Å²) >= 11 is 0. The second-order valence-corrected chi connectivity index (χ2v) is 4.03. The van der Waals surface area contributed by atoms with Gasteiger partial charge in [0.15, 0.2) is 0 Å². The molecule has 0 bridgehead atoms. The second kappa shape index (κ2) is 7.65. The lowest BCUT2D eigenvalue weighted by Gasteiger charge is -2.25. The molecular weight excluding hydrogens is 224 g/mol. The van der Waals surface area contributed by atoms with Gasteiger partial charge in [-0.3, -0.25) is 14.9 Å². The second-order valence-electron chi connectivity index (χ2n) is 4.03. The van der Waals surface area contributed by atoms with Crippen molar-refractivity contribution in [2.45, 2.75) is 46.1 Å². The van der Waals surface area contributed by atoms with Gasteiger partial charge >= 0.3 is 12.0 Å². The topological polar surface area (TPSA) is 86.7 Å². The fourth-order valence-electron chi connectivity index (χ4n) is 1.31. The van der Waals surface area contributed by atoms with Crippen molar-refractivity contribution >= 4 is 17.9 Å². The van der Waals surface area contributed by atoms with Gasteiger partial charge < -0.3 is 10.0 Å². The van der Waals surface area contributed by atoms with Crippen LogP contribution in [0.15, 0.2) is 0 Å². The Morgan fingerprint density at radius 3 is 2.24 bits per heavy atom. The van der Waals surface area contributed by atoms with E-state index in [0.717, 1.165) is 6.42 Å². The smallest absolute Gasteiger partial charge is 0.324 e. The Hall–Kier alpha value is -1.59. The molecular formula is C11H20N2O4. The Morgan fingerprint density at radius 1 is 1.24 bits per heavy atom. The number of carboxylic acids is 1. The summed E-state index contributed by atoms with van der Waals surface area (Å²) in [5.74, 6) is -1.61. The van der Waals surface area contributed by atoms with E-state index < -0.39 is 17.9 Å². The Balaban J connectivity index is 4.20. The average molecular weight is 244 g/mol. The fourth-order valence-corrected chi connectivity index (χ4v) is 1.31. The number of aliphatic carboxylic acids is 1. The van der Waals surface area contributed by atoms with Crippen molar-refractivity contribution in [3.8, 4) is 0 Å². The highest BCUT2D eigenvalue weighted by Crippen LogP contribution is 2.00. The maximum atomic E-state index is 11.7. The molecule has 2 N–H and O–H groups in total. The highest BCUT2D eigenvalue weighted by molar-refractivity contribution is 5.95. The van der Waals surface area contributed by atoms with Crippen LogP contribution in [0.5, 0.6) is 0 Å². The number of carbonyl (C=O) groups is 3. The van der Waals surface area contributed by atoms with Gasteiger partial charge in [-0.25, -0.2) is 4.79 Å². The van der Waals surface area contributed by atoms with Gasteiger partial charge in [-0.15, -0.1) is 0 Å². The normalized spacial score (nSPS) is 10.1. The third kappa shape index (κ3) is 6.55. The molecule has 0 spiro atoms. The van der Waals surface area contributed by atoms with Crippen LogP contribution in [0.2, 0.25) is 0 Å². The highest BCUT2D eigenvalue weighted by Gasteiger charge is 2.18. The molecule has 0 unspecified atom stereocenters. The SMILES string of the molecule is CCCN(C(=O)NC(=O)CCC(=O)O)C(C)C. The van der Waals surface area contributed by atoms with Crippen molar-refractivity contribution in [3.63, 3.8) is 0 Å². The summed E-state index contributed by atoms with van der Waals surface area (Å²) in [5.41, 5.74) is 0. The van der Waals surface area contributed by atoms with Crippen LogP contribution in [0, 0.1) is 0 Å². The van der Waals surface area contributed by atoms with Gasteiger partial charge in [0, 0.05) is 19.0 Å². The number of hydrogen-bond acceptors (Lipinski definition) is 3. The van der Waals surface area contributed by atoms with Crippen LogP contribution in [0.1, 0.15) is 40.0 Å². The molecule has 17 heavy (non-hydrogen) atoms. The van der Waals surface area contributed by atoms with E-state index in [-0.39, 0.29) is 18.9 Å². The maximum absolute atomic E-state index is 11.7. The number of hydrogen-bond donors (Lipinski definition) is 2. The number of nitrogens with zero attached hydrogens (tertiary/aromatic N) is 1. The lowest BCUT2D eigenvalue weighted by Crippen LogP contribution is -2.46. The van der Waals surface area contributed by atoms with Crippen LogP contribution in [-0.4, -0.2) is 40.5 Å². The Morgan fingerprint density at radius 2 is 1.82 bits per heavy atom. The van der Waals surface area contributed by atoms with Crippen LogP contribution in [0.3, 0.4) is 0 Å². The first-order valence-electron chi connectivity index (χ1n) is 5.70. The van der Waals surface area contributed by atoms with E-state index in [4.69, 9.17) is 5.11 Å². The standard InChI is InChI=1S/C11H20N2O4/c1-4-7-13(8(2)3)11(17)12-9(14)5-6-10(15)16/h8H,4-7H2,1-3H3,(H,15,16)(H,12,14,17). The number of carbonyl (C=O) groups excluding carboxylic acids is 2. The van der Waals surface area contributed by atoms with Crippen LogP contribution in [0.4, 0.5) is 4.79 Å². The number of carboxylic acid groups (broad SMARTS) is 1. The zero-order chi connectivity index (χ0) is 13.4. The van der Waals surface area contributed by atoms with E-state index >= 15 is 0 Å². The summed E-state index contributed by atoms with van der Waals surface area (Å²) in [4.78, 5) is 34.7. The van der Waals surface area contributed by atoms with Crippen LogP contribution in [0.25, 0.3) is 0 Å². The molecule has 0 rings (SSSR count). The number of imide groups is 1. The van der Waals surface area contributed by atoms with Crippen molar-refractivity contribution in [2.75, 3.05) is 6.54 Å². The first-order valence-corrected chi connectivity index (χ1v) is 5.70. The molecule has 0 saturated carbocycles. The summed E-state index contributed by atoms with van der Waals surface area (Å²) in [6, 6.07) is -0.459. The van der Waals surface area contributed by atoms with Crippen LogP contribution >= 0.6 is 0 Å². The molecule has 0 aromatic heterocycles. The van der Waals surface area contributed by atoms with Crippen LogP contribution < -0.4 is 5.32 Å². The minimum Gasteiger partial charge on any atom is -0.481 e. The number of rotatable bonds is 6. The van der Waals surface area contributed by atoms with E-state index in [1.807, 2.05) is 20.8 Å². The van der Waals surface area contributed by atoms with Crippen molar-refractivity contribution in [1.29, 1.82) is 0 Å². The van der Waals surface area contributed by atoms with Gasteiger partial charge in [-0.1, -0.05) is 6.92 Å². The fraction of sp³-hybridized carbons (Fsp3) is 0.727. The summed E-state index contributed by atoms with van der Waals surface area (Å²) in [6.45, 7) is 6.22. The largest absolute Gasteiger partial charge is 0.481 e. The van der Waals surface area contributed by atoms with Gasteiger partial charge in [-0.2, -0.15) is 0 Å². The quantitative estimate of drug-likeness (QED) is 0.735. The molecule has 0 atom stereocenters. The van der Waals surface area contributed by atoms with Gasteiger partial charge in [0.2, 0.25) is 5.91 Å². The van der Waals surface area contributed by atoms with Crippen molar-refractivity contribution in [3.05, 3.63) is 0 Å². The molecule has 0 radical (unpaired) electrons. The molecule has 0 aromatic carbocycles. The van der Waals surface area contributed by atoms with Crippen molar-refractivity contribution in [1.82, 2.24) is 10.2 Å². The summed E-state index contributed by atoms with van der Waals surface area (Å²) < 4.78 is 0. The van der Waals surface area contributed by atoms with Gasteiger partial charge in [0.1, 0.15) is 0 Å². The zero-order valence-corrected chi connectivity index (χ0v) is 10.5. The first-order chi connectivity index (χ1) is 7.88. The third-order valence-corrected chi connectivity index (χ3v) is 2.16. The summed E-state index contributed by atoms with van der Waals surface area (Å²) in [6.07, 6.45) is 0.350. The van der Waals surface area contributed by atoms with E-state index in [2.05, 4.69) is 5.32 Å². The molecule has 0 fully saturated rings. The predicted octanol–water partition coefficient (Wildman–Crippen LogP) is 1.21. The van der Waals surface area contributed by atoms with Crippen LogP contribution in [-0.2, 0) is 9.59 Å². The Labute approximate surface area is 101 Å². The predicted molar refractivity (Wildman–Crippen MR) is 62.5 cm³/mol. The molecule has 0 saturated heterocycles. The van der Waals surface area contributed by atoms with E-state index in [1.165, 1.54) is 0 Å². The molecule has 6 nitrogen and oxygen atoms in total. The minimum atomic E-state index is -1.05. The third-order valence-electron chi connectivity index (χ3n) is 2.16. The Bertz CT molecular complexity index is 289. The molecule has 0 heterocycles. The van der Waals surface area contributed by atoms with Gasteiger partial charge in [-0.05, 0) is 20.3 Å². The lowest BCUT2D eigenvalue weighted by molar-refractivity contribution is -0.138. The summed E-state index contributed by atoms with van der Waals surface area (Å²) in [5, 5.41) is 10.6. The van der Waals surface area contributed by atoms with E-state index in [9.17, 15) is 14.4 Å². The minimum absolute atomic E-state index is 0.00206. The highest BCUT2D eigenvalue weighted by atomic mass is 16.4. The first kappa shape index (κ1) is 15.4. The van der Waals surface area contributed by atoms with Gasteiger partial charge in [0.25, 0.3) is 0 Å². The van der Waals surface area contributed by atoms with Crippen molar-refractivity contribution < 1.29 is 19.5 Å². The molecule has 3 amide bonds. The molecule has 98 valence electrons. The maximum Gasteiger partial charge on any atom is 0.324 e. The number of urea groups is 1. The van der Waals surface area contributed by atoms with Crippen molar-refractivity contribution in [2.24, 2.45) is 0 Å². The molecule has 0 aliphatic heterocycles. The molecule has 6 heteroatoms. The average Bonchev–Trinajstić information content (AvgIpc) is 2.22. The van der Waals surface area contributed by atoms with E-state index in [1.54, 1.807) is 4.90 Å². The number of amides is 3. The zero-order valence-electron chi connectivity index (χ0n) is 10.5. The molecule has 0 aliphatic carbocycles. The monoisotopic (exact) mass is 244 g/mol. The lowest BCUT2D eigenvalue weighted by atomic mass is 10.3. The Kier molecular flexibility index (Phi) is 6.93.